The van der Waals surface area contributed by atoms with Crippen molar-refractivity contribution in [1.82, 2.24) is 9.80 Å². The molecule has 1 aromatic carbocycles. The molecule has 1 heterocycles. The van der Waals surface area contributed by atoms with E-state index in [1.165, 1.54) is 0 Å². The quantitative estimate of drug-likeness (QED) is 0.634. The molecule has 2 rings (SSSR count). The molecule has 1 unspecified atom stereocenters. The van der Waals surface area contributed by atoms with Crippen molar-refractivity contribution in [2.24, 2.45) is 0 Å². The molecule has 1 aromatic rings. The lowest BCUT2D eigenvalue weighted by atomic mass is 10.2. The van der Waals surface area contributed by atoms with Gasteiger partial charge in [-0.15, -0.1) is 0 Å². The SMILES string of the molecule is CN(CCCOc1ccc(Cl)cc1)CC(=O)N(C)C1CCS(=O)(=O)C1. The van der Waals surface area contributed by atoms with Crippen molar-refractivity contribution in [3.8, 4) is 5.75 Å². The van der Waals surface area contributed by atoms with Crippen molar-refractivity contribution in [2.75, 3.05) is 45.3 Å². The molecule has 0 spiro atoms. The van der Waals surface area contributed by atoms with E-state index >= 15 is 0 Å². The summed E-state index contributed by atoms with van der Waals surface area (Å²) in [7, 11) is 0.579. The van der Waals surface area contributed by atoms with Crippen molar-refractivity contribution >= 4 is 27.3 Å². The van der Waals surface area contributed by atoms with E-state index in [9.17, 15) is 13.2 Å². The number of hydrogen-bond acceptors (Lipinski definition) is 5. The zero-order valence-corrected chi connectivity index (χ0v) is 16.2. The Labute approximate surface area is 154 Å². The first kappa shape index (κ1) is 20.0. The number of halogens is 1. The van der Waals surface area contributed by atoms with Gasteiger partial charge in [-0.3, -0.25) is 9.69 Å². The second-order valence-electron chi connectivity index (χ2n) is 6.46. The lowest BCUT2D eigenvalue weighted by Crippen LogP contribution is -2.43. The van der Waals surface area contributed by atoms with E-state index in [4.69, 9.17) is 16.3 Å². The predicted octanol–water partition coefficient (Wildman–Crippen LogP) is 1.69. The number of ether oxygens (including phenoxy) is 1. The first-order chi connectivity index (χ1) is 11.8. The van der Waals surface area contributed by atoms with E-state index in [1.807, 2.05) is 24.1 Å². The van der Waals surface area contributed by atoms with E-state index in [0.717, 1.165) is 18.7 Å². The van der Waals surface area contributed by atoms with Gasteiger partial charge in [0.1, 0.15) is 5.75 Å². The fourth-order valence-corrected chi connectivity index (χ4v) is 4.66. The highest BCUT2D eigenvalue weighted by molar-refractivity contribution is 7.91. The molecule has 0 bridgehead atoms. The van der Waals surface area contributed by atoms with Gasteiger partial charge in [0, 0.05) is 24.7 Å². The van der Waals surface area contributed by atoms with Gasteiger partial charge in [-0.25, -0.2) is 8.42 Å². The predicted molar refractivity (Wildman–Crippen MR) is 98.9 cm³/mol. The minimum absolute atomic E-state index is 0.0526. The third kappa shape index (κ3) is 6.49. The summed E-state index contributed by atoms with van der Waals surface area (Å²) in [5.74, 6) is 0.967. The Balaban J connectivity index is 1.66. The number of hydrogen-bond donors (Lipinski definition) is 0. The highest BCUT2D eigenvalue weighted by Crippen LogP contribution is 2.17. The topological polar surface area (TPSA) is 66.9 Å². The first-order valence-electron chi connectivity index (χ1n) is 8.30. The number of nitrogens with zero attached hydrogens (tertiary/aromatic N) is 2. The van der Waals surface area contributed by atoms with Crippen molar-refractivity contribution in [3.63, 3.8) is 0 Å². The van der Waals surface area contributed by atoms with E-state index in [1.54, 1.807) is 24.1 Å². The summed E-state index contributed by atoms with van der Waals surface area (Å²) >= 11 is 5.82. The highest BCUT2D eigenvalue weighted by atomic mass is 35.5. The summed E-state index contributed by atoms with van der Waals surface area (Å²) in [5.41, 5.74) is 0. The third-order valence-electron chi connectivity index (χ3n) is 4.32. The fourth-order valence-electron chi connectivity index (χ4n) is 2.76. The molecule has 1 aliphatic rings. The van der Waals surface area contributed by atoms with Crippen LogP contribution in [0, 0.1) is 0 Å². The van der Waals surface area contributed by atoms with Crippen molar-refractivity contribution in [3.05, 3.63) is 29.3 Å². The molecule has 0 radical (unpaired) electrons. The molecule has 0 N–H and O–H groups in total. The number of benzene rings is 1. The maximum atomic E-state index is 12.3. The van der Waals surface area contributed by atoms with Gasteiger partial charge in [-0.2, -0.15) is 0 Å². The summed E-state index contributed by atoms with van der Waals surface area (Å²) in [6.07, 6.45) is 1.32. The molecule has 25 heavy (non-hydrogen) atoms. The number of carbonyl (C=O) groups excluding carboxylic acids is 1. The minimum atomic E-state index is -2.98. The van der Waals surface area contributed by atoms with Gasteiger partial charge in [0.15, 0.2) is 9.84 Å². The molecular formula is C17H25ClN2O4S. The number of rotatable bonds is 8. The van der Waals surface area contributed by atoms with Gasteiger partial charge in [0.2, 0.25) is 5.91 Å². The number of carbonyl (C=O) groups is 1. The van der Waals surface area contributed by atoms with Crippen molar-refractivity contribution in [2.45, 2.75) is 18.9 Å². The molecule has 8 heteroatoms. The van der Waals surface area contributed by atoms with Crippen LogP contribution in [0.2, 0.25) is 5.02 Å². The molecule has 0 aromatic heterocycles. The summed E-state index contributed by atoms with van der Waals surface area (Å²) in [6.45, 7) is 1.54. The zero-order chi connectivity index (χ0) is 18.4. The van der Waals surface area contributed by atoms with E-state index in [-0.39, 0.29) is 30.0 Å². The van der Waals surface area contributed by atoms with Gasteiger partial charge in [-0.05, 0) is 44.2 Å². The van der Waals surface area contributed by atoms with Crippen LogP contribution < -0.4 is 4.74 Å². The largest absolute Gasteiger partial charge is 0.494 e. The second-order valence-corrected chi connectivity index (χ2v) is 9.12. The minimum Gasteiger partial charge on any atom is -0.494 e. The maximum absolute atomic E-state index is 12.3. The summed E-state index contributed by atoms with van der Waals surface area (Å²) in [6, 6.07) is 7.00. The Kier molecular flexibility index (Phi) is 7.10. The first-order valence-corrected chi connectivity index (χ1v) is 10.5. The van der Waals surface area contributed by atoms with Crippen LogP contribution in [-0.4, -0.2) is 75.5 Å². The smallest absolute Gasteiger partial charge is 0.236 e. The zero-order valence-electron chi connectivity index (χ0n) is 14.7. The summed E-state index contributed by atoms with van der Waals surface area (Å²) < 4.78 is 28.7. The van der Waals surface area contributed by atoms with Crippen LogP contribution in [-0.2, 0) is 14.6 Å². The lowest BCUT2D eigenvalue weighted by molar-refractivity contribution is -0.132. The molecule has 140 valence electrons. The molecule has 6 nitrogen and oxygen atoms in total. The van der Waals surface area contributed by atoms with Crippen LogP contribution in [0.5, 0.6) is 5.75 Å². The van der Waals surface area contributed by atoms with E-state index in [0.29, 0.717) is 18.1 Å². The third-order valence-corrected chi connectivity index (χ3v) is 6.32. The molecule has 1 atom stereocenters. The highest BCUT2D eigenvalue weighted by Gasteiger charge is 2.32. The molecule has 1 aliphatic heterocycles. The van der Waals surface area contributed by atoms with Crippen LogP contribution >= 0.6 is 11.6 Å². The van der Waals surface area contributed by atoms with Gasteiger partial charge in [0.25, 0.3) is 0 Å². The Hall–Kier alpha value is -1.31. The van der Waals surface area contributed by atoms with Crippen molar-refractivity contribution in [1.29, 1.82) is 0 Å². The Morgan fingerprint density at radius 3 is 2.56 bits per heavy atom. The van der Waals surface area contributed by atoms with Crippen LogP contribution in [0.3, 0.4) is 0 Å². The second kappa shape index (κ2) is 8.87. The van der Waals surface area contributed by atoms with Gasteiger partial charge >= 0.3 is 0 Å². The lowest BCUT2D eigenvalue weighted by Gasteiger charge is -2.26. The van der Waals surface area contributed by atoms with Gasteiger partial charge in [0.05, 0.1) is 24.7 Å². The summed E-state index contributed by atoms with van der Waals surface area (Å²) in [5, 5.41) is 0.671. The molecule has 1 saturated heterocycles. The molecule has 1 fully saturated rings. The average molecular weight is 389 g/mol. The van der Waals surface area contributed by atoms with Gasteiger partial charge < -0.3 is 9.64 Å². The van der Waals surface area contributed by atoms with Gasteiger partial charge in [-0.1, -0.05) is 11.6 Å². The Morgan fingerprint density at radius 1 is 1.28 bits per heavy atom. The number of amides is 1. The number of sulfone groups is 1. The molecule has 0 aliphatic carbocycles. The number of likely N-dealkylation sites (N-methyl/N-ethyl adjacent to an activating group) is 2. The van der Waals surface area contributed by atoms with E-state index < -0.39 is 9.84 Å². The average Bonchev–Trinajstić information content (AvgIpc) is 2.92. The molecular weight excluding hydrogens is 364 g/mol. The monoisotopic (exact) mass is 388 g/mol. The van der Waals surface area contributed by atoms with Crippen LogP contribution in [0.25, 0.3) is 0 Å². The standard InChI is InChI=1S/C17H25ClN2O4S/c1-19(9-3-10-24-16-6-4-14(18)5-7-16)12-17(21)20(2)15-8-11-25(22,23)13-15/h4-7,15H,3,8-13H2,1-2H3. The normalized spacial score (nSPS) is 19.1. The molecule has 0 saturated carbocycles. The fraction of sp³-hybridized carbons (Fsp3) is 0.588. The molecule has 1 amide bonds. The maximum Gasteiger partial charge on any atom is 0.236 e. The summed E-state index contributed by atoms with van der Waals surface area (Å²) in [4.78, 5) is 15.8. The Bertz CT molecular complexity index is 678. The van der Waals surface area contributed by atoms with E-state index in [2.05, 4.69) is 0 Å². The van der Waals surface area contributed by atoms with Crippen LogP contribution in [0.1, 0.15) is 12.8 Å². The van der Waals surface area contributed by atoms with Crippen LogP contribution in [0.15, 0.2) is 24.3 Å². The Morgan fingerprint density at radius 2 is 1.96 bits per heavy atom. The van der Waals surface area contributed by atoms with Crippen LogP contribution in [0.4, 0.5) is 0 Å². The van der Waals surface area contributed by atoms with Crippen molar-refractivity contribution < 1.29 is 17.9 Å².